The number of halogens is 2. The van der Waals surface area contributed by atoms with Crippen molar-refractivity contribution >= 4 is 23.5 Å². The van der Waals surface area contributed by atoms with Crippen LogP contribution >= 0.6 is 11.8 Å². The molecule has 8 heteroatoms. The molecular formula is C13H16F2N4OS. The molecule has 114 valence electrons. The number of hydrogen-bond acceptors (Lipinski definition) is 5. The molecule has 0 radical (unpaired) electrons. The highest BCUT2D eigenvalue weighted by Gasteiger charge is 2.37. The summed E-state index contributed by atoms with van der Waals surface area (Å²) in [7, 11) is 0. The first-order chi connectivity index (χ1) is 10.00. The number of fused-ring (bicyclic) bond motifs is 1. The van der Waals surface area contributed by atoms with Gasteiger partial charge in [0.1, 0.15) is 11.4 Å². The maximum absolute atomic E-state index is 13.8. The van der Waals surface area contributed by atoms with E-state index in [-0.39, 0.29) is 12.3 Å². The van der Waals surface area contributed by atoms with Gasteiger partial charge in [-0.1, -0.05) is 11.8 Å². The maximum Gasteiger partial charge on any atom is 0.265 e. The predicted molar refractivity (Wildman–Crippen MR) is 76.0 cm³/mol. The summed E-state index contributed by atoms with van der Waals surface area (Å²) in [6.07, 6.45) is 2.87. The van der Waals surface area contributed by atoms with E-state index in [4.69, 9.17) is 0 Å². The van der Waals surface area contributed by atoms with Crippen molar-refractivity contribution in [3.63, 3.8) is 0 Å². The largest absolute Gasteiger partial charge is 0.350 e. The number of rotatable bonds is 2. The van der Waals surface area contributed by atoms with Gasteiger partial charge in [-0.15, -0.1) is 0 Å². The highest BCUT2D eigenvalue weighted by atomic mass is 32.2. The summed E-state index contributed by atoms with van der Waals surface area (Å²) in [5.74, 6) is -2.68. The summed E-state index contributed by atoms with van der Waals surface area (Å²) < 4.78 is 27.7. The average molecular weight is 314 g/mol. The summed E-state index contributed by atoms with van der Waals surface area (Å²) in [6, 6.07) is 0. The fraction of sp³-hybridized carbons (Fsp3) is 0.615. The topological polar surface area (TPSA) is 58.1 Å². The van der Waals surface area contributed by atoms with Gasteiger partial charge >= 0.3 is 0 Å². The van der Waals surface area contributed by atoms with Crippen LogP contribution in [0.25, 0.3) is 0 Å². The number of nitrogens with zero attached hydrogens (tertiary/aromatic N) is 3. The summed E-state index contributed by atoms with van der Waals surface area (Å²) in [5.41, 5.74) is 0.951. The second kappa shape index (κ2) is 5.40. The number of carbonyl (C=O) groups is 1. The molecule has 1 aromatic rings. The van der Waals surface area contributed by atoms with Crippen LogP contribution < -0.4 is 10.2 Å². The Balaban J connectivity index is 2.04. The lowest BCUT2D eigenvalue weighted by molar-refractivity contribution is 0.00330. The Kier molecular flexibility index (Phi) is 3.73. The van der Waals surface area contributed by atoms with Gasteiger partial charge in [0.05, 0.1) is 18.8 Å². The minimum Gasteiger partial charge on any atom is -0.350 e. The minimum atomic E-state index is -2.75. The molecule has 1 fully saturated rings. The molecule has 0 aliphatic carbocycles. The molecule has 2 aliphatic rings. The van der Waals surface area contributed by atoms with Crippen molar-refractivity contribution < 1.29 is 13.6 Å². The molecule has 1 N–H and O–H groups in total. The Bertz CT molecular complexity index is 582. The van der Waals surface area contributed by atoms with E-state index in [1.54, 1.807) is 0 Å². The van der Waals surface area contributed by atoms with Gasteiger partial charge in [-0.3, -0.25) is 4.79 Å². The van der Waals surface area contributed by atoms with E-state index in [0.29, 0.717) is 48.2 Å². The summed E-state index contributed by atoms with van der Waals surface area (Å²) in [5, 5.41) is 3.19. The zero-order chi connectivity index (χ0) is 15.0. The van der Waals surface area contributed by atoms with E-state index < -0.39 is 12.5 Å². The number of hydrogen-bond donors (Lipinski definition) is 1. The fourth-order valence-electron chi connectivity index (χ4n) is 2.71. The molecule has 1 saturated heterocycles. The molecule has 0 aromatic carbocycles. The van der Waals surface area contributed by atoms with Gasteiger partial charge in [0.25, 0.3) is 11.8 Å². The van der Waals surface area contributed by atoms with Crippen molar-refractivity contribution in [3.05, 3.63) is 11.3 Å². The molecule has 0 spiro atoms. The molecule has 3 rings (SSSR count). The third kappa shape index (κ3) is 2.81. The van der Waals surface area contributed by atoms with Crippen LogP contribution in [0.5, 0.6) is 0 Å². The highest BCUT2D eigenvalue weighted by molar-refractivity contribution is 7.98. The van der Waals surface area contributed by atoms with Crippen LogP contribution in [-0.4, -0.2) is 41.1 Å². The molecule has 5 nitrogen and oxygen atoms in total. The first-order valence-electron chi connectivity index (χ1n) is 6.86. The van der Waals surface area contributed by atoms with E-state index in [2.05, 4.69) is 15.3 Å². The molecule has 3 heterocycles. The summed E-state index contributed by atoms with van der Waals surface area (Å²) >= 11 is 1.34. The van der Waals surface area contributed by atoms with E-state index in [1.807, 2.05) is 6.26 Å². The Morgan fingerprint density at radius 2 is 2.14 bits per heavy atom. The Labute approximate surface area is 125 Å². The second-order valence-corrected chi connectivity index (χ2v) is 6.05. The Hall–Kier alpha value is -1.44. The van der Waals surface area contributed by atoms with Crippen LogP contribution in [0, 0.1) is 0 Å². The van der Waals surface area contributed by atoms with Crippen LogP contribution in [0.3, 0.4) is 0 Å². The quantitative estimate of drug-likeness (QED) is 0.669. The van der Waals surface area contributed by atoms with Crippen LogP contribution in [-0.2, 0) is 6.54 Å². The number of amides is 1. The molecule has 0 bridgehead atoms. The van der Waals surface area contributed by atoms with Gasteiger partial charge in [0, 0.05) is 13.0 Å². The van der Waals surface area contributed by atoms with Crippen molar-refractivity contribution in [1.29, 1.82) is 0 Å². The molecule has 2 aliphatic heterocycles. The number of carbonyl (C=O) groups excluding carboxylic acids is 1. The molecule has 0 saturated carbocycles. The molecule has 0 atom stereocenters. The second-order valence-electron chi connectivity index (χ2n) is 5.27. The zero-order valence-corrected chi connectivity index (χ0v) is 12.5. The van der Waals surface area contributed by atoms with E-state index in [1.165, 1.54) is 16.7 Å². The smallest absolute Gasteiger partial charge is 0.265 e. The molecular weight excluding hydrogens is 298 g/mol. The monoisotopic (exact) mass is 314 g/mol. The van der Waals surface area contributed by atoms with Crippen molar-refractivity contribution in [2.75, 3.05) is 24.2 Å². The summed E-state index contributed by atoms with van der Waals surface area (Å²) in [6.45, 7) is 0.430. The van der Waals surface area contributed by atoms with Gasteiger partial charge in [-0.2, -0.15) is 0 Å². The average Bonchev–Trinajstić information content (AvgIpc) is 2.72. The standard InChI is InChI=1S/C13H16F2N4OS/c1-21-12-17-8-6-16-11(20)9(8)10(18-12)19-5-3-2-4-13(14,15)7-19/h2-7H2,1H3,(H,16,20). The van der Waals surface area contributed by atoms with Gasteiger partial charge in [0.15, 0.2) is 5.16 Å². The maximum atomic E-state index is 13.8. The van der Waals surface area contributed by atoms with Gasteiger partial charge in [-0.25, -0.2) is 18.7 Å². The third-order valence-electron chi connectivity index (χ3n) is 3.71. The molecule has 1 amide bonds. The number of alkyl halides is 2. The summed E-state index contributed by atoms with van der Waals surface area (Å²) in [4.78, 5) is 22.1. The van der Waals surface area contributed by atoms with Crippen LogP contribution in [0.4, 0.5) is 14.6 Å². The molecule has 1 aromatic heterocycles. The number of anilines is 1. The lowest BCUT2D eigenvalue weighted by atomic mass is 10.2. The first kappa shape index (κ1) is 14.5. The minimum absolute atomic E-state index is 0.113. The van der Waals surface area contributed by atoms with Crippen LogP contribution in [0.15, 0.2) is 5.16 Å². The van der Waals surface area contributed by atoms with Crippen molar-refractivity contribution in [1.82, 2.24) is 15.3 Å². The van der Waals surface area contributed by atoms with E-state index in [9.17, 15) is 13.6 Å². The van der Waals surface area contributed by atoms with Gasteiger partial charge in [0.2, 0.25) is 0 Å². The van der Waals surface area contributed by atoms with Crippen molar-refractivity contribution in [3.8, 4) is 0 Å². The van der Waals surface area contributed by atoms with E-state index in [0.717, 1.165) is 0 Å². The SMILES string of the molecule is CSc1nc2c(c(N3CCCCC(F)(F)C3)n1)C(=O)NC2. The Morgan fingerprint density at radius 1 is 1.33 bits per heavy atom. The van der Waals surface area contributed by atoms with Gasteiger partial charge in [-0.05, 0) is 19.1 Å². The number of aromatic nitrogens is 2. The highest BCUT2D eigenvalue weighted by Crippen LogP contribution is 2.32. The third-order valence-corrected chi connectivity index (χ3v) is 4.26. The van der Waals surface area contributed by atoms with E-state index >= 15 is 0 Å². The normalized spacial score (nSPS) is 20.9. The van der Waals surface area contributed by atoms with Crippen LogP contribution in [0.2, 0.25) is 0 Å². The first-order valence-corrected chi connectivity index (χ1v) is 8.08. The zero-order valence-electron chi connectivity index (χ0n) is 11.7. The Morgan fingerprint density at radius 3 is 2.90 bits per heavy atom. The van der Waals surface area contributed by atoms with Crippen LogP contribution in [0.1, 0.15) is 35.3 Å². The van der Waals surface area contributed by atoms with Crippen molar-refractivity contribution in [2.24, 2.45) is 0 Å². The lowest BCUT2D eigenvalue weighted by Gasteiger charge is -2.26. The van der Waals surface area contributed by atoms with Gasteiger partial charge < -0.3 is 10.2 Å². The lowest BCUT2D eigenvalue weighted by Crippen LogP contribution is -2.37. The number of thioether (sulfide) groups is 1. The molecule has 0 unspecified atom stereocenters. The molecule has 21 heavy (non-hydrogen) atoms. The predicted octanol–water partition coefficient (Wildman–Crippen LogP) is 2.07. The van der Waals surface area contributed by atoms with Crippen molar-refractivity contribution in [2.45, 2.75) is 36.9 Å². The number of nitrogens with one attached hydrogen (secondary N) is 1. The fourth-order valence-corrected chi connectivity index (χ4v) is 3.09.